The molecule has 1 aromatic heterocycles. The summed E-state index contributed by atoms with van der Waals surface area (Å²) in [5.74, 6) is -0.778. The molecule has 2 aromatic rings. The largest absolute Gasteiger partial charge is 0.497 e. The molecule has 2 fully saturated rings. The topological polar surface area (TPSA) is 113 Å². The van der Waals surface area contributed by atoms with Crippen LogP contribution in [0.4, 0.5) is 0 Å². The van der Waals surface area contributed by atoms with E-state index in [4.69, 9.17) is 17.0 Å². The Labute approximate surface area is 218 Å². The monoisotopic (exact) mass is 523 g/mol. The molecule has 0 spiro atoms. The maximum atomic E-state index is 13.4. The van der Waals surface area contributed by atoms with Crippen molar-refractivity contribution in [2.24, 2.45) is 0 Å². The summed E-state index contributed by atoms with van der Waals surface area (Å²) < 4.78 is 6.55. The number of carbonyl (C=O) groups is 2. The van der Waals surface area contributed by atoms with Crippen molar-refractivity contribution in [2.75, 3.05) is 13.7 Å². The highest BCUT2D eigenvalue weighted by atomic mass is 32.2. The van der Waals surface area contributed by atoms with E-state index in [1.165, 1.54) is 16.4 Å². The van der Waals surface area contributed by atoms with Crippen LogP contribution in [0.3, 0.4) is 0 Å². The van der Waals surface area contributed by atoms with Gasteiger partial charge in [-0.15, -0.1) is 0 Å². The van der Waals surface area contributed by atoms with Crippen molar-refractivity contribution in [1.29, 1.82) is 5.26 Å². The van der Waals surface area contributed by atoms with Gasteiger partial charge in [0.2, 0.25) is 5.88 Å². The van der Waals surface area contributed by atoms with Gasteiger partial charge in [0.1, 0.15) is 21.7 Å². The highest BCUT2D eigenvalue weighted by Crippen LogP contribution is 2.35. The molecule has 2 aliphatic rings. The number of aromatic nitrogens is 1. The molecule has 1 amide bonds. The highest BCUT2D eigenvalue weighted by Gasteiger charge is 2.36. The van der Waals surface area contributed by atoms with Crippen LogP contribution in [0.5, 0.6) is 11.6 Å². The van der Waals surface area contributed by atoms with Gasteiger partial charge < -0.3 is 9.84 Å². The lowest BCUT2D eigenvalue weighted by atomic mass is 9.93. The SMILES string of the molecule is COc1ccc(/C=C2\SC(=S)N(CC(=O)c3c(C)c(C#N)c(=O)n(C4CCCCC4)c3O)C2=O)cc1. The Morgan fingerprint density at radius 2 is 1.92 bits per heavy atom. The summed E-state index contributed by atoms with van der Waals surface area (Å²) in [6, 6.07) is 8.76. The number of nitrogens with zero attached hydrogens (tertiary/aromatic N) is 3. The molecule has 36 heavy (non-hydrogen) atoms. The first kappa shape index (κ1) is 25.7. The minimum Gasteiger partial charge on any atom is -0.497 e. The number of thiocarbonyl (C=S) groups is 1. The average molecular weight is 524 g/mol. The molecule has 0 bridgehead atoms. The van der Waals surface area contributed by atoms with Gasteiger partial charge in [-0.25, -0.2) is 0 Å². The first-order valence-corrected chi connectivity index (χ1v) is 12.8. The number of pyridine rings is 1. The molecular weight excluding hydrogens is 498 g/mol. The fourth-order valence-corrected chi connectivity index (χ4v) is 5.90. The third-order valence-corrected chi connectivity index (χ3v) is 7.93. The number of hydrogen-bond acceptors (Lipinski definition) is 8. The van der Waals surface area contributed by atoms with E-state index in [2.05, 4.69) is 0 Å². The summed E-state index contributed by atoms with van der Waals surface area (Å²) in [7, 11) is 1.57. The molecule has 1 saturated heterocycles. The quantitative estimate of drug-likeness (QED) is 0.338. The number of ketones is 1. The predicted octanol–water partition coefficient (Wildman–Crippen LogP) is 4.33. The van der Waals surface area contributed by atoms with Crippen molar-refractivity contribution in [1.82, 2.24) is 9.47 Å². The van der Waals surface area contributed by atoms with E-state index in [1.807, 2.05) is 6.07 Å². The summed E-state index contributed by atoms with van der Waals surface area (Å²) >= 11 is 6.45. The Bertz CT molecular complexity index is 1370. The van der Waals surface area contributed by atoms with Crippen molar-refractivity contribution in [3.63, 3.8) is 0 Å². The molecule has 4 rings (SSSR count). The first-order chi connectivity index (χ1) is 17.3. The molecule has 186 valence electrons. The van der Waals surface area contributed by atoms with Crippen LogP contribution < -0.4 is 10.3 Å². The standard InChI is InChI=1S/C26H25N3O5S2/c1-15-19(13-27)23(31)29(17-6-4-3-5-7-17)25(33)22(15)20(30)14-28-24(32)21(36-26(28)35)12-16-8-10-18(34-2)11-9-16/h8-12,17,33H,3-7,14H2,1-2H3/b21-12-. The van der Waals surface area contributed by atoms with E-state index in [0.717, 1.165) is 36.6 Å². The van der Waals surface area contributed by atoms with Gasteiger partial charge >= 0.3 is 0 Å². The van der Waals surface area contributed by atoms with Crippen molar-refractivity contribution in [2.45, 2.75) is 45.1 Å². The van der Waals surface area contributed by atoms with Gasteiger partial charge in [0, 0.05) is 6.04 Å². The molecule has 2 heterocycles. The molecule has 0 radical (unpaired) electrons. The van der Waals surface area contributed by atoms with Crippen LogP contribution in [0, 0.1) is 18.3 Å². The van der Waals surface area contributed by atoms with Gasteiger partial charge in [0.15, 0.2) is 5.78 Å². The number of carbonyl (C=O) groups excluding carboxylic acids is 2. The van der Waals surface area contributed by atoms with Gasteiger partial charge in [-0.1, -0.05) is 55.4 Å². The van der Waals surface area contributed by atoms with E-state index in [-0.39, 0.29) is 27.1 Å². The third-order valence-electron chi connectivity index (χ3n) is 6.55. The number of aromatic hydroxyl groups is 1. The molecule has 10 heteroatoms. The zero-order valence-electron chi connectivity index (χ0n) is 19.9. The second kappa shape index (κ2) is 10.7. The maximum absolute atomic E-state index is 13.4. The second-order valence-corrected chi connectivity index (χ2v) is 10.4. The molecule has 1 saturated carbocycles. The maximum Gasteiger partial charge on any atom is 0.271 e. The number of benzene rings is 1. The minimum absolute atomic E-state index is 0.108. The van der Waals surface area contributed by atoms with E-state index >= 15 is 0 Å². The fraction of sp³-hybridized carbons (Fsp3) is 0.346. The van der Waals surface area contributed by atoms with Gasteiger partial charge in [-0.3, -0.25) is 23.9 Å². The first-order valence-electron chi connectivity index (χ1n) is 11.6. The number of amides is 1. The summed E-state index contributed by atoms with van der Waals surface area (Å²) in [5, 5.41) is 20.7. The Hall–Kier alpha value is -3.42. The summed E-state index contributed by atoms with van der Waals surface area (Å²) in [6.07, 6.45) is 5.87. The smallest absolute Gasteiger partial charge is 0.271 e. The van der Waals surface area contributed by atoms with Crippen molar-refractivity contribution < 1.29 is 19.4 Å². The van der Waals surface area contributed by atoms with Crippen LogP contribution in [0.25, 0.3) is 6.08 Å². The van der Waals surface area contributed by atoms with Crippen LogP contribution in [-0.2, 0) is 4.79 Å². The van der Waals surface area contributed by atoms with Gasteiger partial charge in [-0.05, 0) is 49.1 Å². The molecule has 0 unspecified atom stereocenters. The van der Waals surface area contributed by atoms with Crippen LogP contribution >= 0.6 is 24.0 Å². The number of ether oxygens (including phenoxy) is 1. The zero-order valence-corrected chi connectivity index (χ0v) is 21.6. The van der Waals surface area contributed by atoms with E-state index < -0.39 is 29.7 Å². The summed E-state index contributed by atoms with van der Waals surface area (Å²) in [5.41, 5.74) is -0.00832. The Morgan fingerprint density at radius 1 is 1.25 bits per heavy atom. The Morgan fingerprint density at radius 3 is 2.53 bits per heavy atom. The molecule has 1 aliphatic heterocycles. The summed E-state index contributed by atoms with van der Waals surface area (Å²) in [4.78, 5) is 41.0. The van der Waals surface area contributed by atoms with Crippen LogP contribution in [0.15, 0.2) is 34.0 Å². The third kappa shape index (κ3) is 4.81. The van der Waals surface area contributed by atoms with E-state index in [9.17, 15) is 24.8 Å². The lowest BCUT2D eigenvalue weighted by Crippen LogP contribution is -2.36. The number of rotatable bonds is 6. The van der Waals surface area contributed by atoms with Gasteiger partial charge in [0.05, 0.1) is 24.1 Å². The molecule has 0 atom stereocenters. The molecular formula is C26H25N3O5S2. The zero-order chi connectivity index (χ0) is 26.0. The van der Waals surface area contributed by atoms with E-state index in [0.29, 0.717) is 23.5 Å². The number of Topliss-reactive ketones (excluding diaryl/α,β-unsaturated/α-hetero) is 1. The average Bonchev–Trinajstić information content (AvgIpc) is 3.12. The van der Waals surface area contributed by atoms with Crippen molar-refractivity contribution in [3.05, 3.63) is 61.8 Å². The number of nitriles is 1. The minimum atomic E-state index is -0.594. The molecule has 1 aliphatic carbocycles. The van der Waals surface area contributed by atoms with Gasteiger partial charge in [0.25, 0.3) is 11.5 Å². The molecule has 1 aromatic carbocycles. The van der Waals surface area contributed by atoms with Gasteiger partial charge in [-0.2, -0.15) is 5.26 Å². The Kier molecular flexibility index (Phi) is 7.62. The Balaban J connectivity index is 1.64. The molecule has 8 nitrogen and oxygen atoms in total. The van der Waals surface area contributed by atoms with Crippen molar-refractivity contribution in [3.8, 4) is 17.7 Å². The lowest BCUT2D eigenvalue weighted by molar-refractivity contribution is -0.121. The number of thioether (sulfide) groups is 1. The lowest BCUT2D eigenvalue weighted by Gasteiger charge is -2.26. The van der Waals surface area contributed by atoms with Crippen LogP contribution in [-0.4, -0.2) is 44.2 Å². The number of hydrogen-bond donors (Lipinski definition) is 1. The molecule has 1 N–H and O–H groups in total. The summed E-state index contributed by atoms with van der Waals surface area (Å²) in [6.45, 7) is 1.05. The second-order valence-electron chi connectivity index (χ2n) is 8.74. The predicted molar refractivity (Wildman–Crippen MR) is 141 cm³/mol. The number of methoxy groups -OCH3 is 1. The fourth-order valence-electron chi connectivity index (χ4n) is 4.64. The highest BCUT2D eigenvalue weighted by molar-refractivity contribution is 8.26. The normalized spacial score (nSPS) is 17.5. The van der Waals surface area contributed by atoms with E-state index in [1.54, 1.807) is 37.5 Å². The van der Waals surface area contributed by atoms with Crippen molar-refractivity contribution >= 4 is 46.1 Å². The van der Waals surface area contributed by atoms with Crippen LogP contribution in [0.2, 0.25) is 0 Å². The van der Waals surface area contributed by atoms with Crippen LogP contribution in [0.1, 0.15) is 65.2 Å².